The van der Waals surface area contributed by atoms with Crippen LogP contribution in [0.1, 0.15) is 34.0 Å². The highest BCUT2D eigenvalue weighted by molar-refractivity contribution is 7.12. The molecular weight excluding hydrogens is 308 g/mol. The molecule has 0 saturated carbocycles. The van der Waals surface area contributed by atoms with Gasteiger partial charge in [0, 0.05) is 37.9 Å². The summed E-state index contributed by atoms with van der Waals surface area (Å²) in [6, 6.07) is 13.7. The van der Waals surface area contributed by atoms with Crippen molar-refractivity contribution in [2.75, 3.05) is 13.1 Å². The van der Waals surface area contributed by atoms with Crippen LogP contribution < -0.4 is 5.73 Å². The fraction of sp³-hybridized carbons (Fsp3) is 0.333. The quantitative estimate of drug-likeness (QED) is 0.858. The van der Waals surface area contributed by atoms with Gasteiger partial charge in [-0.1, -0.05) is 36.4 Å². The fourth-order valence-corrected chi connectivity index (χ4v) is 3.72. The molecule has 1 amide bonds. The first kappa shape index (κ1) is 15.9. The Kier molecular flexibility index (Phi) is 4.88. The number of amides is 1. The van der Waals surface area contributed by atoms with Crippen LogP contribution in [0.4, 0.5) is 0 Å². The zero-order valence-electron chi connectivity index (χ0n) is 12.9. The number of nitrogens with two attached hydrogens (primary N) is 1. The van der Waals surface area contributed by atoms with E-state index >= 15 is 0 Å². The average molecular weight is 328 g/mol. The summed E-state index contributed by atoms with van der Waals surface area (Å²) in [5.74, 6) is 0.230. The molecule has 0 bridgehead atoms. The Labute approximate surface area is 139 Å². The minimum Gasteiger partial charge on any atom is -0.340 e. The molecule has 2 aromatic rings. The van der Waals surface area contributed by atoms with E-state index in [1.807, 2.05) is 29.6 Å². The van der Waals surface area contributed by atoms with E-state index in [0.717, 1.165) is 4.88 Å². The number of rotatable bonds is 5. The molecule has 23 heavy (non-hydrogen) atoms. The Morgan fingerprint density at radius 3 is 2.57 bits per heavy atom. The zero-order chi connectivity index (χ0) is 16.2. The number of likely N-dealkylation sites (tertiary alicyclic amines) is 1. The van der Waals surface area contributed by atoms with Crippen LogP contribution in [-0.2, 0) is 4.79 Å². The monoisotopic (exact) mass is 328 g/mol. The maximum atomic E-state index is 12.4. The third kappa shape index (κ3) is 3.68. The second-order valence-electron chi connectivity index (χ2n) is 5.88. The Morgan fingerprint density at radius 1 is 1.09 bits per heavy atom. The van der Waals surface area contributed by atoms with Crippen molar-refractivity contribution in [1.29, 1.82) is 0 Å². The van der Waals surface area contributed by atoms with E-state index in [0.29, 0.717) is 13.1 Å². The first-order chi connectivity index (χ1) is 11.1. The van der Waals surface area contributed by atoms with Gasteiger partial charge in [0.1, 0.15) is 0 Å². The molecule has 2 heterocycles. The Bertz CT molecular complexity index is 670. The predicted octanol–water partition coefficient (Wildman–Crippen LogP) is 2.66. The largest absolute Gasteiger partial charge is 0.340 e. The first-order valence-corrected chi connectivity index (χ1v) is 8.68. The summed E-state index contributed by atoms with van der Waals surface area (Å²) in [5.41, 5.74) is 7.38. The van der Waals surface area contributed by atoms with Crippen LogP contribution >= 0.6 is 11.3 Å². The van der Waals surface area contributed by atoms with Gasteiger partial charge in [-0.05, 0) is 17.0 Å². The summed E-state index contributed by atoms with van der Waals surface area (Å²) in [7, 11) is 0. The van der Waals surface area contributed by atoms with Crippen molar-refractivity contribution in [1.82, 2.24) is 4.90 Å². The Morgan fingerprint density at radius 2 is 1.87 bits per heavy atom. The highest BCUT2D eigenvalue weighted by Crippen LogP contribution is 2.27. The topological polar surface area (TPSA) is 63.4 Å². The van der Waals surface area contributed by atoms with Crippen molar-refractivity contribution < 1.29 is 9.59 Å². The molecule has 2 N–H and O–H groups in total. The van der Waals surface area contributed by atoms with Crippen molar-refractivity contribution in [3.63, 3.8) is 0 Å². The summed E-state index contributed by atoms with van der Waals surface area (Å²) in [6.45, 7) is 1.20. The van der Waals surface area contributed by atoms with Gasteiger partial charge < -0.3 is 10.6 Å². The van der Waals surface area contributed by atoms with E-state index in [9.17, 15) is 9.59 Å². The summed E-state index contributed by atoms with van der Waals surface area (Å²) >= 11 is 1.42. The zero-order valence-corrected chi connectivity index (χ0v) is 13.7. The summed E-state index contributed by atoms with van der Waals surface area (Å²) in [5, 5.41) is 1.87. The third-order valence-electron chi connectivity index (χ3n) is 4.31. The average Bonchev–Trinajstić information content (AvgIpc) is 3.23. The van der Waals surface area contributed by atoms with Crippen LogP contribution in [0.25, 0.3) is 0 Å². The molecule has 0 unspecified atom stereocenters. The minimum absolute atomic E-state index is 0.0174. The van der Waals surface area contributed by atoms with E-state index in [2.05, 4.69) is 12.1 Å². The van der Waals surface area contributed by atoms with Gasteiger partial charge in [0.2, 0.25) is 5.91 Å². The van der Waals surface area contributed by atoms with E-state index in [4.69, 9.17) is 5.73 Å². The molecule has 0 radical (unpaired) electrons. The molecular formula is C18H20N2O2S. The van der Waals surface area contributed by atoms with Gasteiger partial charge in [-0.2, -0.15) is 0 Å². The van der Waals surface area contributed by atoms with E-state index in [-0.39, 0.29) is 36.5 Å². The SMILES string of the molecule is N[C@@H]1CN(C(=O)CCC(=O)c2cccs2)C[C@H]1c1ccccc1. The first-order valence-electron chi connectivity index (χ1n) is 7.80. The molecule has 1 aromatic carbocycles. The number of thiophene rings is 1. The van der Waals surface area contributed by atoms with Crippen LogP contribution in [0, 0.1) is 0 Å². The highest BCUT2D eigenvalue weighted by Gasteiger charge is 2.33. The van der Waals surface area contributed by atoms with E-state index < -0.39 is 0 Å². The number of ketones is 1. The van der Waals surface area contributed by atoms with Crippen molar-refractivity contribution in [2.45, 2.75) is 24.8 Å². The maximum Gasteiger partial charge on any atom is 0.223 e. The maximum absolute atomic E-state index is 12.4. The number of nitrogens with zero attached hydrogens (tertiary/aromatic N) is 1. The lowest BCUT2D eigenvalue weighted by Crippen LogP contribution is -2.32. The van der Waals surface area contributed by atoms with Crippen LogP contribution in [0.15, 0.2) is 47.8 Å². The number of hydrogen-bond donors (Lipinski definition) is 1. The van der Waals surface area contributed by atoms with Gasteiger partial charge in [-0.3, -0.25) is 9.59 Å². The number of Topliss-reactive ketones (excluding diaryl/α,β-unsaturated/α-hetero) is 1. The molecule has 3 rings (SSSR count). The molecule has 120 valence electrons. The number of benzene rings is 1. The number of carbonyl (C=O) groups excluding carboxylic acids is 2. The van der Waals surface area contributed by atoms with Crippen LogP contribution in [-0.4, -0.2) is 35.7 Å². The summed E-state index contributed by atoms with van der Waals surface area (Å²) in [6.07, 6.45) is 0.520. The lowest BCUT2D eigenvalue weighted by atomic mass is 9.95. The van der Waals surface area contributed by atoms with Crippen molar-refractivity contribution in [2.24, 2.45) is 5.73 Å². The van der Waals surface area contributed by atoms with E-state index in [1.165, 1.54) is 16.9 Å². The van der Waals surface area contributed by atoms with Gasteiger partial charge in [-0.15, -0.1) is 11.3 Å². The van der Waals surface area contributed by atoms with Crippen molar-refractivity contribution in [3.05, 3.63) is 58.3 Å². The fourth-order valence-electron chi connectivity index (χ4n) is 3.02. The van der Waals surface area contributed by atoms with Crippen LogP contribution in [0.3, 0.4) is 0 Å². The van der Waals surface area contributed by atoms with Crippen molar-refractivity contribution >= 4 is 23.0 Å². The molecule has 2 atom stereocenters. The normalized spacial score (nSPS) is 20.7. The molecule has 1 aliphatic heterocycles. The van der Waals surface area contributed by atoms with Gasteiger partial charge in [0.05, 0.1) is 4.88 Å². The van der Waals surface area contributed by atoms with Gasteiger partial charge in [-0.25, -0.2) is 0 Å². The minimum atomic E-state index is -0.0469. The molecule has 4 nitrogen and oxygen atoms in total. The predicted molar refractivity (Wildman–Crippen MR) is 91.6 cm³/mol. The van der Waals surface area contributed by atoms with E-state index in [1.54, 1.807) is 11.0 Å². The van der Waals surface area contributed by atoms with Gasteiger partial charge in [0.25, 0.3) is 0 Å². The summed E-state index contributed by atoms with van der Waals surface area (Å²) in [4.78, 5) is 26.9. The molecule has 1 saturated heterocycles. The van der Waals surface area contributed by atoms with Gasteiger partial charge in [0.15, 0.2) is 5.78 Å². The standard InChI is InChI=1S/C18H20N2O2S/c19-15-12-20(11-14(15)13-5-2-1-3-6-13)18(22)9-8-16(21)17-7-4-10-23-17/h1-7,10,14-15H,8-9,11-12,19H2/t14-,15+/m0/s1. The summed E-state index contributed by atoms with van der Waals surface area (Å²) < 4.78 is 0. The number of hydrogen-bond acceptors (Lipinski definition) is 4. The van der Waals surface area contributed by atoms with Crippen molar-refractivity contribution in [3.8, 4) is 0 Å². The second kappa shape index (κ2) is 7.06. The third-order valence-corrected chi connectivity index (χ3v) is 5.22. The molecule has 1 fully saturated rings. The van der Waals surface area contributed by atoms with Crippen LogP contribution in [0.2, 0.25) is 0 Å². The van der Waals surface area contributed by atoms with Crippen LogP contribution in [0.5, 0.6) is 0 Å². The van der Waals surface area contributed by atoms with Gasteiger partial charge >= 0.3 is 0 Å². The molecule has 5 heteroatoms. The molecule has 1 aromatic heterocycles. The molecule has 1 aliphatic rings. The number of carbonyl (C=O) groups is 2. The smallest absolute Gasteiger partial charge is 0.223 e. The molecule has 0 spiro atoms. The lowest BCUT2D eigenvalue weighted by Gasteiger charge is -2.16. The lowest BCUT2D eigenvalue weighted by molar-refractivity contribution is -0.130. The second-order valence-corrected chi connectivity index (χ2v) is 6.83. The Balaban J connectivity index is 1.56. The highest BCUT2D eigenvalue weighted by atomic mass is 32.1. The molecule has 0 aliphatic carbocycles. The Hall–Kier alpha value is -1.98.